The lowest BCUT2D eigenvalue weighted by molar-refractivity contribution is -0.155. The molecule has 0 saturated carbocycles. The van der Waals surface area contributed by atoms with Crippen molar-refractivity contribution in [1.29, 1.82) is 0 Å². The quantitative estimate of drug-likeness (QED) is 0.521. The van der Waals surface area contributed by atoms with Crippen LogP contribution in [0.2, 0.25) is 0 Å². The van der Waals surface area contributed by atoms with Crippen LogP contribution in [0.3, 0.4) is 0 Å². The molecule has 1 atom stereocenters. The number of amides is 1. The van der Waals surface area contributed by atoms with Crippen LogP contribution in [-0.4, -0.2) is 56.0 Å². The first-order chi connectivity index (χ1) is 9.13. The van der Waals surface area contributed by atoms with Crippen LogP contribution in [0.4, 0.5) is 0 Å². The molecule has 0 aromatic heterocycles. The number of piperidine rings is 1. The van der Waals surface area contributed by atoms with Crippen LogP contribution >= 0.6 is 0 Å². The number of nitrogens with zero attached hydrogens (tertiary/aromatic N) is 1. The summed E-state index contributed by atoms with van der Waals surface area (Å²) in [5, 5.41) is 0. The zero-order valence-corrected chi connectivity index (χ0v) is 11.1. The van der Waals surface area contributed by atoms with Crippen LogP contribution in [0.5, 0.6) is 0 Å². The van der Waals surface area contributed by atoms with E-state index < -0.39 is 11.9 Å². The summed E-state index contributed by atoms with van der Waals surface area (Å²) in [6, 6.07) is 0. The minimum absolute atomic E-state index is 0.0139. The minimum atomic E-state index is -0.705. The number of carbonyl (C=O) groups is 3. The van der Waals surface area contributed by atoms with Gasteiger partial charge in [-0.05, 0) is 19.3 Å². The number of rotatable bonds is 2. The van der Waals surface area contributed by atoms with E-state index in [1.165, 1.54) is 7.11 Å². The van der Waals surface area contributed by atoms with E-state index in [4.69, 9.17) is 4.74 Å². The number of carbonyl (C=O) groups excluding carboxylic acids is 3. The van der Waals surface area contributed by atoms with Crippen LogP contribution in [-0.2, 0) is 23.9 Å². The van der Waals surface area contributed by atoms with Crippen molar-refractivity contribution in [3.63, 3.8) is 0 Å². The smallest absolute Gasteiger partial charge is 0.316 e. The third kappa shape index (κ3) is 3.12. The highest BCUT2D eigenvalue weighted by atomic mass is 16.5. The van der Waals surface area contributed by atoms with Crippen molar-refractivity contribution in [1.82, 2.24) is 4.90 Å². The van der Waals surface area contributed by atoms with Gasteiger partial charge in [-0.25, -0.2) is 0 Å². The van der Waals surface area contributed by atoms with Gasteiger partial charge in [0.1, 0.15) is 5.92 Å². The van der Waals surface area contributed by atoms with Gasteiger partial charge in [-0.3, -0.25) is 14.4 Å². The number of methoxy groups -OCH3 is 1. The number of ketones is 1. The highest BCUT2D eigenvalue weighted by molar-refractivity contribution is 6.02. The van der Waals surface area contributed by atoms with E-state index >= 15 is 0 Å². The molecule has 0 aromatic carbocycles. The van der Waals surface area contributed by atoms with Crippen molar-refractivity contribution in [2.75, 3.05) is 33.4 Å². The van der Waals surface area contributed by atoms with E-state index in [9.17, 15) is 14.4 Å². The van der Waals surface area contributed by atoms with Crippen LogP contribution in [0.25, 0.3) is 0 Å². The van der Waals surface area contributed by atoms with Crippen LogP contribution in [0.1, 0.15) is 19.3 Å². The summed E-state index contributed by atoms with van der Waals surface area (Å²) in [6.45, 7) is 1.67. The number of esters is 1. The molecule has 0 radical (unpaired) electrons. The van der Waals surface area contributed by atoms with Crippen molar-refractivity contribution in [3.05, 3.63) is 0 Å². The first-order valence-electron chi connectivity index (χ1n) is 6.60. The highest BCUT2D eigenvalue weighted by Crippen LogP contribution is 2.22. The first-order valence-corrected chi connectivity index (χ1v) is 6.60. The Hall–Kier alpha value is -1.43. The van der Waals surface area contributed by atoms with Crippen LogP contribution in [0, 0.1) is 11.8 Å². The molecule has 0 bridgehead atoms. The maximum atomic E-state index is 12.2. The van der Waals surface area contributed by atoms with Crippen LogP contribution in [0.15, 0.2) is 0 Å². The predicted octanol–water partition coefficient (Wildman–Crippen LogP) is 0.00360. The van der Waals surface area contributed by atoms with E-state index in [0.717, 1.165) is 0 Å². The van der Waals surface area contributed by atoms with Crippen molar-refractivity contribution in [3.8, 4) is 0 Å². The molecule has 6 heteroatoms. The van der Waals surface area contributed by atoms with E-state index in [2.05, 4.69) is 4.74 Å². The number of ether oxygens (including phenoxy) is 2. The average molecular weight is 269 g/mol. The fourth-order valence-electron chi connectivity index (χ4n) is 2.61. The first kappa shape index (κ1) is 14.0. The second kappa shape index (κ2) is 6.14. The molecule has 2 saturated heterocycles. The van der Waals surface area contributed by atoms with Gasteiger partial charge in [-0.2, -0.15) is 0 Å². The van der Waals surface area contributed by atoms with Crippen molar-refractivity contribution < 1.29 is 23.9 Å². The van der Waals surface area contributed by atoms with Gasteiger partial charge in [-0.15, -0.1) is 0 Å². The van der Waals surface area contributed by atoms with Crippen molar-refractivity contribution >= 4 is 17.7 Å². The Kier molecular flexibility index (Phi) is 4.52. The zero-order valence-electron chi connectivity index (χ0n) is 11.1. The topological polar surface area (TPSA) is 72.9 Å². The van der Waals surface area contributed by atoms with Crippen molar-refractivity contribution in [2.45, 2.75) is 19.3 Å². The zero-order chi connectivity index (χ0) is 13.8. The molecule has 0 aliphatic carbocycles. The predicted molar refractivity (Wildman–Crippen MR) is 65.3 cm³/mol. The minimum Gasteiger partial charge on any atom is -0.468 e. The van der Waals surface area contributed by atoms with E-state index in [1.807, 2.05) is 0 Å². The number of hydrogen-bond donors (Lipinski definition) is 0. The molecule has 6 nitrogen and oxygen atoms in total. The summed E-state index contributed by atoms with van der Waals surface area (Å²) >= 11 is 0. The Morgan fingerprint density at radius 2 is 1.95 bits per heavy atom. The van der Waals surface area contributed by atoms with Gasteiger partial charge in [0, 0.05) is 25.7 Å². The van der Waals surface area contributed by atoms with Gasteiger partial charge in [0.25, 0.3) is 0 Å². The molecule has 2 fully saturated rings. The molecule has 106 valence electrons. The monoisotopic (exact) mass is 269 g/mol. The molecule has 0 N–H and O–H groups in total. The van der Waals surface area contributed by atoms with Crippen LogP contribution < -0.4 is 0 Å². The lowest BCUT2D eigenvalue weighted by Gasteiger charge is -2.33. The van der Waals surface area contributed by atoms with E-state index in [-0.39, 0.29) is 24.2 Å². The molecule has 19 heavy (non-hydrogen) atoms. The van der Waals surface area contributed by atoms with Gasteiger partial charge < -0.3 is 14.4 Å². The van der Waals surface area contributed by atoms with Gasteiger partial charge in [0.15, 0.2) is 5.78 Å². The normalized spacial score (nSPS) is 25.2. The second-order valence-corrected chi connectivity index (χ2v) is 4.98. The lowest BCUT2D eigenvalue weighted by Crippen LogP contribution is -2.49. The molecule has 2 aliphatic rings. The summed E-state index contributed by atoms with van der Waals surface area (Å²) < 4.78 is 9.81. The van der Waals surface area contributed by atoms with Gasteiger partial charge >= 0.3 is 5.97 Å². The Morgan fingerprint density at radius 3 is 2.53 bits per heavy atom. The number of hydrogen-bond acceptors (Lipinski definition) is 5. The summed E-state index contributed by atoms with van der Waals surface area (Å²) in [7, 11) is 1.27. The summed E-state index contributed by atoms with van der Waals surface area (Å²) in [5.41, 5.74) is 0. The summed E-state index contributed by atoms with van der Waals surface area (Å²) in [6.07, 6.45) is 1.79. The average Bonchev–Trinajstić information content (AvgIpc) is 2.46. The maximum Gasteiger partial charge on any atom is 0.316 e. The van der Waals surface area contributed by atoms with Crippen molar-refractivity contribution in [2.24, 2.45) is 11.8 Å². The third-order valence-electron chi connectivity index (χ3n) is 3.79. The molecule has 2 rings (SSSR count). The molecule has 2 heterocycles. The van der Waals surface area contributed by atoms with Gasteiger partial charge in [-0.1, -0.05) is 0 Å². The molecular weight excluding hydrogens is 250 g/mol. The Morgan fingerprint density at radius 1 is 1.26 bits per heavy atom. The Balaban J connectivity index is 1.92. The van der Waals surface area contributed by atoms with Gasteiger partial charge in [0.2, 0.25) is 5.91 Å². The summed E-state index contributed by atoms with van der Waals surface area (Å²) in [5.74, 6) is -1.46. The SMILES string of the molecule is COC(=O)C1CCN(C(=O)C2CCOCC2)CC1=O. The molecular formula is C13H19NO5. The fourth-order valence-corrected chi connectivity index (χ4v) is 2.61. The van der Waals surface area contributed by atoms with E-state index in [1.54, 1.807) is 4.90 Å². The largest absolute Gasteiger partial charge is 0.468 e. The highest BCUT2D eigenvalue weighted by Gasteiger charge is 2.36. The van der Waals surface area contributed by atoms with E-state index in [0.29, 0.717) is 39.0 Å². The lowest BCUT2D eigenvalue weighted by atomic mass is 9.92. The summed E-state index contributed by atoms with van der Waals surface area (Å²) in [4.78, 5) is 37.1. The standard InChI is InChI=1S/C13H19NO5/c1-18-13(17)10-2-5-14(8-11(10)15)12(16)9-3-6-19-7-4-9/h9-10H,2-8H2,1H3. The molecule has 1 amide bonds. The molecule has 0 spiro atoms. The third-order valence-corrected chi connectivity index (χ3v) is 3.79. The fraction of sp³-hybridized carbons (Fsp3) is 0.769. The number of likely N-dealkylation sites (tertiary alicyclic amines) is 1. The molecule has 0 aromatic rings. The maximum absolute atomic E-state index is 12.2. The second-order valence-electron chi connectivity index (χ2n) is 4.98. The Labute approximate surface area is 112 Å². The Bertz CT molecular complexity index is 375. The molecule has 1 unspecified atom stereocenters. The molecule has 2 aliphatic heterocycles. The van der Waals surface area contributed by atoms with Gasteiger partial charge in [0.05, 0.1) is 13.7 Å². The number of Topliss-reactive ketones (excluding diaryl/α,β-unsaturated/α-hetero) is 1.